The van der Waals surface area contributed by atoms with Gasteiger partial charge in [-0.2, -0.15) is 0 Å². The second kappa shape index (κ2) is 6.52. The molecule has 0 bridgehead atoms. The van der Waals surface area contributed by atoms with Gasteiger partial charge in [0.2, 0.25) is 0 Å². The average Bonchev–Trinajstić information content (AvgIpc) is 2.71. The number of carbonyl (C=O) groups excluding carboxylic acids is 3. The summed E-state index contributed by atoms with van der Waals surface area (Å²) in [7, 11) is 0. The van der Waals surface area contributed by atoms with Crippen molar-refractivity contribution < 1.29 is 19.1 Å². The Morgan fingerprint density at radius 2 is 1.91 bits per heavy atom. The minimum Gasteiger partial charge on any atom is -0.466 e. The molecule has 1 aliphatic rings. The van der Waals surface area contributed by atoms with E-state index < -0.39 is 11.7 Å². The predicted octanol–water partition coefficient (Wildman–Crippen LogP) is 2.86. The first kappa shape index (κ1) is 17.2. The quantitative estimate of drug-likeness (QED) is 0.619. The molecule has 1 heterocycles. The lowest BCUT2D eigenvalue weighted by Gasteiger charge is -2.21. The number of carbonyl (C=O) groups is 3. The number of ether oxygens (including phenoxy) is 1. The summed E-state index contributed by atoms with van der Waals surface area (Å²) < 4.78 is 4.87. The van der Waals surface area contributed by atoms with E-state index >= 15 is 0 Å². The molecule has 0 aromatic heterocycles. The van der Waals surface area contributed by atoms with E-state index in [2.05, 4.69) is 20.8 Å². The number of esters is 1. The topological polar surface area (TPSA) is 63.7 Å². The number of benzene rings is 1. The van der Waals surface area contributed by atoms with Gasteiger partial charge in [-0.25, -0.2) is 0 Å². The van der Waals surface area contributed by atoms with Crippen LogP contribution in [-0.4, -0.2) is 30.8 Å². The molecule has 1 amide bonds. The fraction of sp³-hybridized carbons (Fsp3) is 0.500. The molecule has 0 unspecified atom stereocenters. The van der Waals surface area contributed by atoms with Crippen molar-refractivity contribution in [2.75, 3.05) is 18.1 Å². The van der Waals surface area contributed by atoms with E-state index in [1.165, 1.54) is 4.90 Å². The number of rotatable bonds is 5. The molecular formula is C18H23NO4. The molecule has 0 saturated heterocycles. The molecular weight excluding hydrogens is 294 g/mol. The van der Waals surface area contributed by atoms with Gasteiger partial charge in [-0.15, -0.1) is 0 Å². The average molecular weight is 317 g/mol. The molecule has 5 heteroatoms. The molecule has 2 rings (SSSR count). The Balaban J connectivity index is 2.15. The van der Waals surface area contributed by atoms with Crippen molar-refractivity contribution in [2.45, 2.75) is 46.0 Å². The van der Waals surface area contributed by atoms with E-state index in [4.69, 9.17) is 4.74 Å². The highest BCUT2D eigenvalue weighted by Gasteiger charge is 2.36. The summed E-state index contributed by atoms with van der Waals surface area (Å²) in [5.74, 6) is -1.27. The zero-order valence-corrected chi connectivity index (χ0v) is 14.1. The summed E-state index contributed by atoms with van der Waals surface area (Å²) in [5, 5.41) is 0. The third kappa shape index (κ3) is 3.60. The van der Waals surface area contributed by atoms with Gasteiger partial charge >= 0.3 is 5.97 Å². The SMILES string of the molecule is CCOC(=O)CCCN1C(=O)C(=O)c2cc(C(C)(C)C)ccc21. The highest BCUT2D eigenvalue weighted by Crippen LogP contribution is 2.33. The fourth-order valence-corrected chi connectivity index (χ4v) is 2.60. The monoisotopic (exact) mass is 317 g/mol. The second-order valence-corrected chi connectivity index (χ2v) is 6.68. The van der Waals surface area contributed by atoms with Crippen LogP contribution in [0, 0.1) is 0 Å². The molecule has 1 aliphatic heterocycles. The zero-order chi connectivity index (χ0) is 17.2. The molecule has 23 heavy (non-hydrogen) atoms. The number of ketones is 1. The van der Waals surface area contributed by atoms with Crippen molar-refractivity contribution in [3.05, 3.63) is 29.3 Å². The molecule has 5 nitrogen and oxygen atoms in total. The Labute approximate surface area is 136 Å². The lowest BCUT2D eigenvalue weighted by molar-refractivity contribution is -0.143. The first-order chi connectivity index (χ1) is 10.8. The van der Waals surface area contributed by atoms with Crippen LogP contribution in [0.25, 0.3) is 0 Å². The normalized spacial score (nSPS) is 14.2. The van der Waals surface area contributed by atoms with Crippen molar-refractivity contribution in [1.82, 2.24) is 0 Å². The minimum absolute atomic E-state index is 0.0876. The standard InChI is InChI=1S/C18H23NO4/c1-5-23-15(20)7-6-10-19-14-9-8-12(18(2,3)4)11-13(14)16(21)17(19)22/h8-9,11H,5-7,10H2,1-4H3. The van der Waals surface area contributed by atoms with Crippen molar-refractivity contribution in [3.63, 3.8) is 0 Å². The van der Waals surface area contributed by atoms with E-state index in [9.17, 15) is 14.4 Å². The van der Waals surface area contributed by atoms with Gasteiger partial charge in [-0.05, 0) is 36.5 Å². The van der Waals surface area contributed by atoms with E-state index in [0.717, 1.165) is 5.56 Å². The fourth-order valence-electron chi connectivity index (χ4n) is 2.60. The van der Waals surface area contributed by atoms with Crippen LogP contribution in [0.2, 0.25) is 0 Å². The number of anilines is 1. The molecule has 1 aromatic rings. The van der Waals surface area contributed by atoms with Crippen LogP contribution in [0.4, 0.5) is 5.69 Å². The predicted molar refractivity (Wildman–Crippen MR) is 87.7 cm³/mol. The van der Waals surface area contributed by atoms with Crippen LogP contribution in [-0.2, 0) is 19.7 Å². The molecule has 0 atom stereocenters. The third-order valence-electron chi connectivity index (χ3n) is 3.91. The maximum absolute atomic E-state index is 12.2. The molecule has 0 saturated carbocycles. The molecule has 0 N–H and O–H groups in total. The van der Waals surface area contributed by atoms with Crippen molar-refractivity contribution in [1.29, 1.82) is 0 Å². The molecule has 0 aliphatic carbocycles. The lowest BCUT2D eigenvalue weighted by atomic mass is 9.86. The van der Waals surface area contributed by atoms with Crippen LogP contribution < -0.4 is 4.90 Å². The lowest BCUT2D eigenvalue weighted by Crippen LogP contribution is -2.31. The maximum atomic E-state index is 12.2. The molecule has 0 radical (unpaired) electrons. The van der Waals surface area contributed by atoms with E-state index in [0.29, 0.717) is 30.8 Å². The van der Waals surface area contributed by atoms with Gasteiger partial charge in [0, 0.05) is 13.0 Å². The maximum Gasteiger partial charge on any atom is 0.305 e. The van der Waals surface area contributed by atoms with Gasteiger partial charge in [-0.3, -0.25) is 14.4 Å². The Bertz CT molecular complexity index is 643. The summed E-state index contributed by atoms with van der Waals surface area (Å²) in [6, 6.07) is 5.58. The van der Waals surface area contributed by atoms with Gasteiger partial charge in [0.05, 0.1) is 17.9 Å². The summed E-state index contributed by atoms with van der Waals surface area (Å²) in [6.07, 6.45) is 0.708. The van der Waals surface area contributed by atoms with Crippen molar-refractivity contribution in [2.24, 2.45) is 0 Å². The first-order valence-corrected chi connectivity index (χ1v) is 7.92. The Kier molecular flexibility index (Phi) is 4.88. The van der Waals surface area contributed by atoms with E-state index in [-0.39, 0.29) is 17.8 Å². The number of hydrogen-bond acceptors (Lipinski definition) is 4. The van der Waals surface area contributed by atoms with E-state index in [1.807, 2.05) is 12.1 Å². The number of amides is 1. The second-order valence-electron chi connectivity index (χ2n) is 6.68. The summed E-state index contributed by atoms with van der Waals surface area (Å²) >= 11 is 0. The van der Waals surface area contributed by atoms with Crippen LogP contribution in [0.15, 0.2) is 18.2 Å². The smallest absolute Gasteiger partial charge is 0.305 e. The Morgan fingerprint density at radius 3 is 2.52 bits per heavy atom. The highest BCUT2D eigenvalue weighted by molar-refractivity contribution is 6.52. The summed E-state index contributed by atoms with van der Waals surface area (Å²) in [6.45, 7) is 8.63. The van der Waals surface area contributed by atoms with Gasteiger partial charge in [-0.1, -0.05) is 26.8 Å². The Hall–Kier alpha value is -2.17. The first-order valence-electron chi connectivity index (χ1n) is 7.92. The van der Waals surface area contributed by atoms with Gasteiger partial charge in [0.1, 0.15) is 0 Å². The van der Waals surface area contributed by atoms with Crippen molar-refractivity contribution in [3.8, 4) is 0 Å². The van der Waals surface area contributed by atoms with Crippen LogP contribution in [0.5, 0.6) is 0 Å². The number of nitrogens with zero attached hydrogens (tertiary/aromatic N) is 1. The molecule has 0 spiro atoms. The largest absolute Gasteiger partial charge is 0.466 e. The molecule has 124 valence electrons. The van der Waals surface area contributed by atoms with Crippen molar-refractivity contribution >= 4 is 23.3 Å². The van der Waals surface area contributed by atoms with Crippen LogP contribution in [0.1, 0.15) is 56.5 Å². The molecule has 0 fully saturated rings. The molecule has 1 aromatic carbocycles. The number of Topliss-reactive ketones (excluding diaryl/α,β-unsaturated/α-hetero) is 1. The summed E-state index contributed by atoms with van der Waals surface area (Å²) in [5.41, 5.74) is 2.02. The van der Waals surface area contributed by atoms with Crippen LogP contribution in [0.3, 0.4) is 0 Å². The number of hydrogen-bond donors (Lipinski definition) is 0. The van der Waals surface area contributed by atoms with E-state index in [1.54, 1.807) is 13.0 Å². The zero-order valence-electron chi connectivity index (χ0n) is 14.1. The Morgan fingerprint density at radius 1 is 1.22 bits per heavy atom. The third-order valence-corrected chi connectivity index (χ3v) is 3.91. The van der Waals surface area contributed by atoms with Gasteiger partial charge in [0.15, 0.2) is 0 Å². The summed E-state index contributed by atoms with van der Waals surface area (Å²) in [4.78, 5) is 37.2. The van der Waals surface area contributed by atoms with Gasteiger partial charge in [0.25, 0.3) is 11.7 Å². The van der Waals surface area contributed by atoms with Gasteiger partial charge < -0.3 is 9.64 Å². The number of fused-ring (bicyclic) bond motifs is 1. The van der Waals surface area contributed by atoms with Crippen LogP contribution >= 0.6 is 0 Å². The highest BCUT2D eigenvalue weighted by atomic mass is 16.5. The minimum atomic E-state index is -0.519.